The van der Waals surface area contributed by atoms with Crippen molar-refractivity contribution in [1.82, 2.24) is 4.90 Å². The molecule has 3 nitrogen and oxygen atoms in total. The Morgan fingerprint density at radius 1 is 1.47 bits per heavy atom. The molecular formula is C12H22N2O. The van der Waals surface area contributed by atoms with Gasteiger partial charge in [0, 0.05) is 12.1 Å². The number of nitrogens with two attached hydrogens (primary N) is 1. The highest BCUT2D eigenvalue weighted by molar-refractivity contribution is 4.98. The normalized spacial score (nSPS) is 15.5. The second kappa shape index (κ2) is 5.33. The lowest BCUT2D eigenvalue weighted by atomic mass is 10.00. The minimum absolute atomic E-state index is 0.109. The van der Waals surface area contributed by atoms with E-state index in [0.29, 0.717) is 0 Å². The van der Waals surface area contributed by atoms with Crippen molar-refractivity contribution in [3.63, 3.8) is 0 Å². The second-order valence-corrected chi connectivity index (χ2v) is 4.39. The largest absolute Gasteiger partial charge is 0.468 e. The molecule has 0 radical (unpaired) electrons. The van der Waals surface area contributed by atoms with Gasteiger partial charge in [-0.15, -0.1) is 0 Å². The van der Waals surface area contributed by atoms with E-state index in [-0.39, 0.29) is 5.54 Å². The zero-order valence-electron chi connectivity index (χ0n) is 9.99. The molecule has 1 heterocycles. The average molecular weight is 210 g/mol. The van der Waals surface area contributed by atoms with Crippen LogP contribution in [-0.4, -0.2) is 23.5 Å². The van der Waals surface area contributed by atoms with Gasteiger partial charge in [-0.05, 0) is 32.0 Å². The van der Waals surface area contributed by atoms with Gasteiger partial charge in [0.05, 0.1) is 12.8 Å². The maximum absolute atomic E-state index is 6.15. The quantitative estimate of drug-likeness (QED) is 0.783. The molecule has 0 saturated heterocycles. The van der Waals surface area contributed by atoms with Crippen LogP contribution in [0.4, 0.5) is 0 Å². The Hall–Kier alpha value is -0.800. The summed E-state index contributed by atoms with van der Waals surface area (Å²) in [5, 5.41) is 0. The van der Waals surface area contributed by atoms with Crippen LogP contribution in [0.1, 0.15) is 33.0 Å². The second-order valence-electron chi connectivity index (χ2n) is 4.39. The minimum Gasteiger partial charge on any atom is -0.468 e. The van der Waals surface area contributed by atoms with E-state index in [1.165, 1.54) is 0 Å². The number of furan rings is 1. The molecule has 86 valence electrons. The summed E-state index contributed by atoms with van der Waals surface area (Å²) in [6.07, 6.45) is 2.70. The molecule has 0 bridgehead atoms. The summed E-state index contributed by atoms with van der Waals surface area (Å²) in [4.78, 5) is 2.31. The molecular weight excluding hydrogens is 188 g/mol. The van der Waals surface area contributed by atoms with Crippen LogP contribution in [0.5, 0.6) is 0 Å². The molecule has 0 aliphatic carbocycles. The van der Waals surface area contributed by atoms with Crippen LogP contribution in [0.2, 0.25) is 0 Å². The summed E-state index contributed by atoms with van der Waals surface area (Å²) in [5.41, 5.74) is 6.04. The van der Waals surface area contributed by atoms with Crippen LogP contribution >= 0.6 is 0 Å². The molecule has 0 saturated carbocycles. The number of nitrogens with zero attached hydrogens (tertiary/aromatic N) is 1. The van der Waals surface area contributed by atoms with Crippen LogP contribution in [0.25, 0.3) is 0 Å². The average Bonchev–Trinajstić information content (AvgIpc) is 2.69. The van der Waals surface area contributed by atoms with Gasteiger partial charge in [0.1, 0.15) is 5.76 Å². The number of likely N-dealkylation sites (N-methyl/N-ethyl adjacent to an activating group) is 1. The van der Waals surface area contributed by atoms with E-state index < -0.39 is 0 Å². The van der Waals surface area contributed by atoms with Gasteiger partial charge in [-0.1, -0.05) is 13.8 Å². The van der Waals surface area contributed by atoms with Gasteiger partial charge in [-0.3, -0.25) is 4.90 Å². The molecule has 3 heteroatoms. The molecule has 0 spiro atoms. The summed E-state index contributed by atoms with van der Waals surface area (Å²) in [6.45, 7) is 9.11. The molecule has 1 atom stereocenters. The fraction of sp³-hybridized carbons (Fsp3) is 0.667. The molecule has 1 rings (SSSR count). The minimum atomic E-state index is -0.109. The Balaban J connectivity index is 2.50. The van der Waals surface area contributed by atoms with Gasteiger partial charge < -0.3 is 10.2 Å². The zero-order valence-corrected chi connectivity index (χ0v) is 9.99. The summed E-state index contributed by atoms with van der Waals surface area (Å²) in [5.74, 6) is 1.00. The molecule has 0 aliphatic heterocycles. The first-order valence-electron chi connectivity index (χ1n) is 5.61. The first-order valence-corrected chi connectivity index (χ1v) is 5.61. The predicted molar refractivity (Wildman–Crippen MR) is 62.5 cm³/mol. The van der Waals surface area contributed by atoms with E-state index in [2.05, 4.69) is 25.7 Å². The smallest absolute Gasteiger partial charge is 0.117 e. The van der Waals surface area contributed by atoms with Crippen LogP contribution in [-0.2, 0) is 6.54 Å². The summed E-state index contributed by atoms with van der Waals surface area (Å²) >= 11 is 0. The molecule has 1 unspecified atom stereocenters. The Morgan fingerprint density at radius 3 is 2.67 bits per heavy atom. The van der Waals surface area contributed by atoms with Crippen molar-refractivity contribution in [2.24, 2.45) is 5.73 Å². The Bertz CT molecular complexity index is 267. The van der Waals surface area contributed by atoms with Crippen LogP contribution < -0.4 is 5.73 Å². The maximum atomic E-state index is 6.15. The van der Waals surface area contributed by atoms with Gasteiger partial charge in [-0.2, -0.15) is 0 Å². The van der Waals surface area contributed by atoms with Gasteiger partial charge in [0.2, 0.25) is 0 Å². The van der Waals surface area contributed by atoms with Gasteiger partial charge in [0.15, 0.2) is 0 Å². The lowest BCUT2D eigenvalue weighted by Gasteiger charge is -2.30. The lowest BCUT2D eigenvalue weighted by molar-refractivity contribution is 0.201. The van der Waals surface area contributed by atoms with Crippen molar-refractivity contribution in [3.8, 4) is 0 Å². The summed E-state index contributed by atoms with van der Waals surface area (Å²) in [6, 6.07) is 3.92. The third-order valence-electron chi connectivity index (χ3n) is 2.80. The van der Waals surface area contributed by atoms with Gasteiger partial charge in [-0.25, -0.2) is 0 Å². The SMILES string of the molecule is CCN(Cc1ccco1)CC(C)(N)CC. The monoisotopic (exact) mass is 210 g/mol. The number of hydrogen-bond donors (Lipinski definition) is 1. The lowest BCUT2D eigenvalue weighted by Crippen LogP contribution is -2.47. The third-order valence-corrected chi connectivity index (χ3v) is 2.80. The number of hydrogen-bond acceptors (Lipinski definition) is 3. The summed E-state index contributed by atoms with van der Waals surface area (Å²) < 4.78 is 5.33. The molecule has 0 amide bonds. The van der Waals surface area contributed by atoms with E-state index in [9.17, 15) is 0 Å². The van der Waals surface area contributed by atoms with Crippen molar-refractivity contribution in [2.45, 2.75) is 39.3 Å². The highest BCUT2D eigenvalue weighted by Crippen LogP contribution is 2.11. The topological polar surface area (TPSA) is 42.4 Å². The first kappa shape index (κ1) is 12.3. The van der Waals surface area contributed by atoms with Gasteiger partial charge in [0.25, 0.3) is 0 Å². The summed E-state index contributed by atoms with van der Waals surface area (Å²) in [7, 11) is 0. The molecule has 15 heavy (non-hydrogen) atoms. The Morgan fingerprint density at radius 2 is 2.20 bits per heavy atom. The third kappa shape index (κ3) is 4.06. The highest BCUT2D eigenvalue weighted by Gasteiger charge is 2.19. The molecule has 2 N–H and O–H groups in total. The van der Waals surface area contributed by atoms with Crippen LogP contribution in [0, 0.1) is 0 Å². The Kier molecular flexibility index (Phi) is 4.36. The molecule has 1 aromatic rings. The van der Waals surface area contributed by atoms with E-state index >= 15 is 0 Å². The van der Waals surface area contributed by atoms with Crippen LogP contribution in [0.15, 0.2) is 22.8 Å². The van der Waals surface area contributed by atoms with Crippen LogP contribution in [0.3, 0.4) is 0 Å². The van der Waals surface area contributed by atoms with Gasteiger partial charge >= 0.3 is 0 Å². The fourth-order valence-electron chi connectivity index (χ4n) is 1.53. The molecule has 0 aliphatic rings. The fourth-order valence-corrected chi connectivity index (χ4v) is 1.53. The predicted octanol–water partition coefficient (Wildman–Crippen LogP) is 2.23. The van der Waals surface area contributed by atoms with E-state index in [0.717, 1.165) is 31.8 Å². The Labute approximate surface area is 92.2 Å². The van der Waals surface area contributed by atoms with E-state index in [1.807, 2.05) is 12.1 Å². The van der Waals surface area contributed by atoms with Crippen molar-refractivity contribution in [1.29, 1.82) is 0 Å². The highest BCUT2D eigenvalue weighted by atomic mass is 16.3. The van der Waals surface area contributed by atoms with Crippen molar-refractivity contribution < 1.29 is 4.42 Å². The molecule has 0 fully saturated rings. The maximum Gasteiger partial charge on any atom is 0.117 e. The molecule has 1 aromatic heterocycles. The van der Waals surface area contributed by atoms with Crippen molar-refractivity contribution in [2.75, 3.05) is 13.1 Å². The number of rotatable bonds is 6. The van der Waals surface area contributed by atoms with Crippen molar-refractivity contribution in [3.05, 3.63) is 24.2 Å². The standard InChI is InChI=1S/C12H22N2O/c1-4-12(3,13)10-14(5-2)9-11-7-6-8-15-11/h6-8H,4-5,9-10,13H2,1-3H3. The van der Waals surface area contributed by atoms with Crippen molar-refractivity contribution >= 4 is 0 Å². The zero-order chi connectivity index (χ0) is 11.3. The molecule has 0 aromatic carbocycles. The van der Waals surface area contributed by atoms with E-state index in [1.54, 1.807) is 6.26 Å². The first-order chi connectivity index (χ1) is 7.07. The van der Waals surface area contributed by atoms with E-state index in [4.69, 9.17) is 10.2 Å².